The zero-order valence-electron chi connectivity index (χ0n) is 12.9. The summed E-state index contributed by atoms with van der Waals surface area (Å²) in [6.45, 7) is 6.47. The van der Waals surface area contributed by atoms with E-state index in [1.165, 1.54) is 4.90 Å². The van der Waals surface area contributed by atoms with Crippen LogP contribution in [0, 0.1) is 6.92 Å². The number of H-pyrrole nitrogens is 1. The van der Waals surface area contributed by atoms with E-state index in [1.807, 2.05) is 31.2 Å². The Hall–Kier alpha value is -2.34. The molecule has 1 atom stereocenters. The fraction of sp³-hybridized carbons (Fsp3) is 0.375. The monoisotopic (exact) mass is 301 g/mol. The van der Waals surface area contributed by atoms with Gasteiger partial charge in [-0.3, -0.25) is 9.78 Å². The van der Waals surface area contributed by atoms with Gasteiger partial charge in [0.15, 0.2) is 6.67 Å². The van der Waals surface area contributed by atoms with Gasteiger partial charge in [0, 0.05) is 0 Å². The number of aryl methyl sites for hydroxylation is 1. The Kier molecular flexibility index (Phi) is 3.85. The number of fused-ring (bicyclic) bond motifs is 1. The molecule has 1 aliphatic rings. The minimum Gasteiger partial charge on any atom is -0.324 e. The molecule has 1 aromatic carbocycles. The average molecular weight is 301 g/mol. The Labute approximate surface area is 128 Å². The van der Waals surface area contributed by atoms with Crippen LogP contribution in [0.4, 0.5) is 5.82 Å². The highest BCUT2D eigenvalue weighted by Gasteiger charge is 2.25. The quantitative estimate of drug-likeness (QED) is 0.748. The summed E-state index contributed by atoms with van der Waals surface area (Å²) in [5, 5.41) is 3.27. The number of rotatable bonds is 3. The van der Waals surface area contributed by atoms with Gasteiger partial charge in [0.1, 0.15) is 17.9 Å². The number of anilines is 1. The molecule has 6 nitrogen and oxygen atoms in total. The summed E-state index contributed by atoms with van der Waals surface area (Å²) in [5.41, 5.74) is 1.84. The minimum absolute atomic E-state index is 0.288. The number of nitrogens with zero attached hydrogens (tertiary/aromatic N) is 1. The van der Waals surface area contributed by atoms with E-state index in [0.29, 0.717) is 17.9 Å². The van der Waals surface area contributed by atoms with Crippen molar-refractivity contribution in [2.45, 2.75) is 26.8 Å². The first-order chi connectivity index (χ1) is 10.6. The van der Waals surface area contributed by atoms with Crippen LogP contribution >= 0.6 is 0 Å². The Bertz CT molecular complexity index is 789. The maximum absolute atomic E-state index is 12.3. The van der Waals surface area contributed by atoms with Gasteiger partial charge in [-0.05, 0) is 25.5 Å². The summed E-state index contributed by atoms with van der Waals surface area (Å²) in [5.74, 6) is 0.623. The SMILES string of the molecule is CCC[NH+]1CNc2c(c(=O)[nH]c(=O)n2-c2ccc(C)cc2)C1. The molecule has 2 heterocycles. The molecule has 6 heteroatoms. The summed E-state index contributed by atoms with van der Waals surface area (Å²) in [6, 6.07) is 7.69. The molecule has 3 N–H and O–H groups in total. The number of nitrogens with one attached hydrogen (secondary N) is 3. The maximum atomic E-state index is 12.3. The third-order valence-corrected chi connectivity index (χ3v) is 4.04. The van der Waals surface area contributed by atoms with Crippen LogP contribution in [0.15, 0.2) is 33.9 Å². The van der Waals surface area contributed by atoms with Crippen molar-refractivity contribution in [1.29, 1.82) is 0 Å². The number of benzene rings is 1. The second-order valence-electron chi connectivity index (χ2n) is 5.79. The Balaban J connectivity index is 2.13. The molecule has 1 aliphatic heterocycles. The Morgan fingerprint density at radius 2 is 1.95 bits per heavy atom. The van der Waals surface area contributed by atoms with E-state index < -0.39 is 5.69 Å². The van der Waals surface area contributed by atoms with Crippen LogP contribution in [0.2, 0.25) is 0 Å². The molecule has 2 aromatic rings. The van der Waals surface area contributed by atoms with Gasteiger partial charge in [0.25, 0.3) is 5.56 Å². The molecule has 22 heavy (non-hydrogen) atoms. The second kappa shape index (κ2) is 5.81. The average Bonchev–Trinajstić information content (AvgIpc) is 2.50. The molecule has 116 valence electrons. The van der Waals surface area contributed by atoms with E-state index in [4.69, 9.17) is 0 Å². The first-order valence-corrected chi connectivity index (χ1v) is 7.63. The topological polar surface area (TPSA) is 71.3 Å². The molecule has 0 fully saturated rings. The van der Waals surface area contributed by atoms with Crippen LogP contribution in [-0.4, -0.2) is 22.8 Å². The van der Waals surface area contributed by atoms with Crippen molar-refractivity contribution >= 4 is 5.82 Å². The third kappa shape index (κ3) is 2.57. The molecular formula is C16H21N4O2+. The summed E-state index contributed by atoms with van der Waals surface area (Å²) >= 11 is 0. The minimum atomic E-state index is -0.404. The highest BCUT2D eigenvalue weighted by Crippen LogP contribution is 2.16. The van der Waals surface area contributed by atoms with E-state index in [9.17, 15) is 9.59 Å². The molecule has 0 saturated heterocycles. The van der Waals surface area contributed by atoms with Crippen molar-refractivity contribution in [3.63, 3.8) is 0 Å². The van der Waals surface area contributed by atoms with Gasteiger partial charge in [-0.2, -0.15) is 0 Å². The standard InChI is InChI=1S/C16H20N4O2/c1-3-8-19-9-13-14(17-10-19)20(16(22)18-15(13)21)12-6-4-11(2)5-7-12/h4-7,17H,3,8-10H2,1-2H3,(H,18,21,22)/p+1. The number of aromatic amines is 1. The lowest BCUT2D eigenvalue weighted by Crippen LogP contribution is -3.12. The molecule has 3 rings (SSSR count). The number of quaternary nitrogens is 1. The predicted molar refractivity (Wildman–Crippen MR) is 85.7 cm³/mol. The molecular weight excluding hydrogens is 280 g/mol. The highest BCUT2D eigenvalue weighted by atomic mass is 16.2. The summed E-state index contributed by atoms with van der Waals surface area (Å²) in [7, 11) is 0. The van der Waals surface area contributed by atoms with Gasteiger partial charge < -0.3 is 10.2 Å². The van der Waals surface area contributed by atoms with Gasteiger partial charge in [0.05, 0.1) is 12.2 Å². The lowest BCUT2D eigenvalue weighted by molar-refractivity contribution is -0.912. The van der Waals surface area contributed by atoms with Crippen molar-refractivity contribution in [3.8, 4) is 5.69 Å². The number of aromatic nitrogens is 2. The Morgan fingerprint density at radius 3 is 2.64 bits per heavy atom. The van der Waals surface area contributed by atoms with E-state index >= 15 is 0 Å². The van der Waals surface area contributed by atoms with Gasteiger partial charge in [-0.1, -0.05) is 24.6 Å². The van der Waals surface area contributed by atoms with Crippen LogP contribution in [-0.2, 0) is 6.54 Å². The van der Waals surface area contributed by atoms with E-state index in [2.05, 4.69) is 17.2 Å². The van der Waals surface area contributed by atoms with Crippen LogP contribution in [0.5, 0.6) is 0 Å². The normalized spacial score (nSPS) is 16.9. The van der Waals surface area contributed by atoms with Crippen LogP contribution in [0.1, 0.15) is 24.5 Å². The first-order valence-electron chi connectivity index (χ1n) is 7.63. The Morgan fingerprint density at radius 1 is 1.23 bits per heavy atom. The number of hydrogen-bond acceptors (Lipinski definition) is 3. The van der Waals surface area contributed by atoms with Crippen molar-refractivity contribution in [3.05, 3.63) is 56.2 Å². The zero-order valence-corrected chi connectivity index (χ0v) is 12.9. The largest absolute Gasteiger partial charge is 0.334 e. The van der Waals surface area contributed by atoms with Crippen LogP contribution in [0.25, 0.3) is 5.69 Å². The molecule has 0 aliphatic carbocycles. The van der Waals surface area contributed by atoms with Crippen LogP contribution < -0.4 is 21.5 Å². The lowest BCUT2D eigenvalue weighted by Gasteiger charge is -2.27. The second-order valence-corrected chi connectivity index (χ2v) is 5.79. The summed E-state index contributed by atoms with van der Waals surface area (Å²) in [6.07, 6.45) is 1.06. The van der Waals surface area contributed by atoms with Gasteiger partial charge >= 0.3 is 5.69 Å². The van der Waals surface area contributed by atoms with Crippen molar-refractivity contribution in [1.82, 2.24) is 9.55 Å². The van der Waals surface area contributed by atoms with Gasteiger partial charge in [0.2, 0.25) is 0 Å². The lowest BCUT2D eigenvalue weighted by atomic mass is 10.2. The van der Waals surface area contributed by atoms with E-state index in [1.54, 1.807) is 4.57 Å². The van der Waals surface area contributed by atoms with Crippen molar-refractivity contribution in [2.24, 2.45) is 0 Å². The molecule has 1 unspecified atom stereocenters. The summed E-state index contributed by atoms with van der Waals surface area (Å²) in [4.78, 5) is 28.2. The van der Waals surface area contributed by atoms with Crippen LogP contribution in [0.3, 0.4) is 0 Å². The molecule has 0 bridgehead atoms. The molecule has 0 saturated carbocycles. The van der Waals surface area contributed by atoms with E-state index in [0.717, 1.165) is 30.9 Å². The smallest absolute Gasteiger partial charge is 0.324 e. The molecule has 1 aromatic heterocycles. The molecule has 0 radical (unpaired) electrons. The highest BCUT2D eigenvalue weighted by molar-refractivity contribution is 5.51. The first kappa shape index (κ1) is 14.6. The van der Waals surface area contributed by atoms with E-state index in [-0.39, 0.29) is 5.56 Å². The third-order valence-electron chi connectivity index (χ3n) is 4.04. The van der Waals surface area contributed by atoms with Gasteiger partial charge in [-0.25, -0.2) is 9.36 Å². The van der Waals surface area contributed by atoms with Crippen molar-refractivity contribution < 1.29 is 4.90 Å². The maximum Gasteiger partial charge on any atom is 0.334 e. The zero-order chi connectivity index (χ0) is 15.7. The fourth-order valence-electron chi connectivity index (χ4n) is 2.91. The molecule has 0 spiro atoms. The number of hydrogen-bond donors (Lipinski definition) is 3. The van der Waals surface area contributed by atoms with Gasteiger partial charge in [-0.15, -0.1) is 0 Å². The fourth-order valence-corrected chi connectivity index (χ4v) is 2.91. The molecule has 0 amide bonds. The van der Waals surface area contributed by atoms with Crippen molar-refractivity contribution in [2.75, 3.05) is 18.5 Å². The predicted octanol–water partition coefficient (Wildman–Crippen LogP) is 0.0121. The summed E-state index contributed by atoms with van der Waals surface area (Å²) < 4.78 is 1.55.